The third-order valence-electron chi connectivity index (χ3n) is 7.17. The minimum absolute atomic E-state index is 0.159. The largest absolute Gasteiger partial charge is 0.375 e. The van der Waals surface area contributed by atoms with Gasteiger partial charge >= 0.3 is 0 Å². The number of ether oxygens (including phenoxy) is 2. The van der Waals surface area contributed by atoms with Gasteiger partial charge in [0.25, 0.3) is 0 Å². The van der Waals surface area contributed by atoms with E-state index in [0.29, 0.717) is 24.3 Å². The summed E-state index contributed by atoms with van der Waals surface area (Å²) < 4.78 is 11.7. The van der Waals surface area contributed by atoms with Crippen molar-refractivity contribution < 1.29 is 14.3 Å². The van der Waals surface area contributed by atoms with Gasteiger partial charge in [-0.25, -0.2) is 0 Å². The molecule has 2 aliphatic heterocycles. The molecule has 26 heavy (non-hydrogen) atoms. The third kappa shape index (κ3) is 3.81. The van der Waals surface area contributed by atoms with Crippen molar-refractivity contribution in [3.63, 3.8) is 0 Å². The molecule has 2 saturated heterocycles. The summed E-state index contributed by atoms with van der Waals surface area (Å²) in [4.78, 5) is 17.0. The van der Waals surface area contributed by atoms with E-state index in [-0.39, 0.29) is 12.5 Å². The van der Waals surface area contributed by atoms with Gasteiger partial charge < -0.3 is 14.4 Å². The van der Waals surface area contributed by atoms with Gasteiger partial charge in [-0.3, -0.25) is 9.69 Å². The first-order valence-corrected chi connectivity index (χ1v) is 11.0. The number of hydrogen-bond donors (Lipinski definition) is 0. The average Bonchev–Trinajstić information content (AvgIpc) is 3.50. The number of amides is 1. The first-order chi connectivity index (χ1) is 12.7. The lowest BCUT2D eigenvalue weighted by molar-refractivity contribution is -0.203. The second-order valence-corrected chi connectivity index (χ2v) is 8.83. The molecule has 1 spiro atoms. The molecule has 0 aromatic rings. The van der Waals surface area contributed by atoms with Crippen LogP contribution in [0.2, 0.25) is 0 Å². The summed E-state index contributed by atoms with van der Waals surface area (Å²) in [6, 6.07) is 0.630. The van der Waals surface area contributed by atoms with Crippen molar-refractivity contribution >= 4 is 5.91 Å². The minimum Gasteiger partial charge on any atom is -0.375 e. The fourth-order valence-corrected chi connectivity index (χ4v) is 5.34. The highest BCUT2D eigenvalue weighted by atomic mass is 16.5. The van der Waals surface area contributed by atoms with Crippen LogP contribution in [-0.4, -0.2) is 72.8 Å². The van der Waals surface area contributed by atoms with E-state index in [2.05, 4.69) is 4.90 Å². The Balaban J connectivity index is 1.31. The van der Waals surface area contributed by atoms with E-state index in [9.17, 15) is 4.79 Å². The van der Waals surface area contributed by atoms with Crippen LogP contribution in [0, 0.1) is 5.92 Å². The van der Waals surface area contributed by atoms with E-state index in [1.54, 1.807) is 0 Å². The van der Waals surface area contributed by atoms with Gasteiger partial charge in [0.05, 0.1) is 6.10 Å². The molecule has 0 N–H and O–H groups in total. The summed E-state index contributed by atoms with van der Waals surface area (Å²) in [7, 11) is 0. The molecule has 1 atom stereocenters. The molecular weight excluding hydrogens is 328 g/mol. The van der Waals surface area contributed by atoms with Gasteiger partial charge in [-0.15, -0.1) is 0 Å². The SMILES string of the molecule is CCOCC(=O)N1CCC(N2CC(OCC3CC3)C23CCCCC3)CC1. The monoisotopic (exact) mass is 364 g/mol. The van der Waals surface area contributed by atoms with Gasteiger partial charge in [-0.2, -0.15) is 0 Å². The number of carbonyl (C=O) groups is 1. The Hall–Kier alpha value is -0.650. The number of rotatable bonds is 7. The van der Waals surface area contributed by atoms with Crippen LogP contribution in [0.15, 0.2) is 0 Å². The standard InChI is InChI=1S/C21H36N2O3/c1-2-25-16-20(24)22-12-8-18(9-13-22)23-14-19(26-15-17-6-7-17)21(23)10-4-3-5-11-21/h17-19H,2-16H2,1H3. The summed E-state index contributed by atoms with van der Waals surface area (Å²) in [5.41, 5.74) is 0.315. The second kappa shape index (κ2) is 8.15. The number of hydrogen-bond acceptors (Lipinski definition) is 4. The molecule has 2 saturated carbocycles. The first-order valence-electron chi connectivity index (χ1n) is 11.0. The maximum atomic E-state index is 12.2. The van der Waals surface area contributed by atoms with E-state index < -0.39 is 0 Å². The van der Waals surface area contributed by atoms with Crippen molar-refractivity contribution in [3.05, 3.63) is 0 Å². The Morgan fingerprint density at radius 1 is 1.08 bits per heavy atom. The molecule has 5 nitrogen and oxygen atoms in total. The van der Waals surface area contributed by atoms with Crippen molar-refractivity contribution in [1.29, 1.82) is 0 Å². The van der Waals surface area contributed by atoms with Crippen molar-refractivity contribution in [1.82, 2.24) is 9.80 Å². The normalized spacial score (nSPS) is 29.7. The van der Waals surface area contributed by atoms with Gasteiger partial charge in [0.15, 0.2) is 0 Å². The highest BCUT2D eigenvalue weighted by Crippen LogP contribution is 2.48. The molecule has 1 unspecified atom stereocenters. The second-order valence-electron chi connectivity index (χ2n) is 8.83. The lowest BCUT2D eigenvalue weighted by Gasteiger charge is -2.63. The zero-order valence-corrected chi connectivity index (χ0v) is 16.5. The molecule has 4 aliphatic rings. The molecule has 0 aromatic carbocycles. The fraction of sp³-hybridized carbons (Fsp3) is 0.952. The van der Waals surface area contributed by atoms with Gasteiger partial charge in [-0.05, 0) is 51.4 Å². The van der Waals surface area contributed by atoms with Crippen LogP contribution in [-0.2, 0) is 14.3 Å². The van der Waals surface area contributed by atoms with E-state index >= 15 is 0 Å². The lowest BCUT2D eigenvalue weighted by Crippen LogP contribution is -2.75. The fourth-order valence-electron chi connectivity index (χ4n) is 5.34. The molecule has 2 heterocycles. The van der Waals surface area contributed by atoms with Gasteiger partial charge in [0, 0.05) is 44.4 Å². The molecule has 5 heteroatoms. The van der Waals surface area contributed by atoms with Crippen molar-refractivity contribution in [2.75, 3.05) is 39.5 Å². The summed E-state index contributed by atoms with van der Waals surface area (Å²) >= 11 is 0. The molecule has 4 fully saturated rings. The number of nitrogens with zero attached hydrogens (tertiary/aromatic N) is 2. The molecule has 2 aliphatic carbocycles. The Labute approximate surface area is 158 Å². The number of piperidine rings is 1. The van der Waals surface area contributed by atoms with E-state index in [1.165, 1.54) is 44.9 Å². The number of carbonyl (C=O) groups excluding carboxylic acids is 1. The van der Waals surface area contributed by atoms with Crippen LogP contribution >= 0.6 is 0 Å². The van der Waals surface area contributed by atoms with E-state index in [1.807, 2.05) is 11.8 Å². The quantitative estimate of drug-likeness (QED) is 0.697. The Kier molecular flexibility index (Phi) is 5.87. The van der Waals surface area contributed by atoms with Crippen LogP contribution in [0.3, 0.4) is 0 Å². The first kappa shape index (κ1) is 18.7. The lowest BCUT2D eigenvalue weighted by atomic mass is 9.69. The van der Waals surface area contributed by atoms with Crippen LogP contribution in [0.5, 0.6) is 0 Å². The highest BCUT2D eigenvalue weighted by molar-refractivity contribution is 5.77. The molecule has 1 amide bonds. The van der Waals surface area contributed by atoms with E-state index in [4.69, 9.17) is 9.47 Å². The van der Waals surface area contributed by atoms with Crippen LogP contribution < -0.4 is 0 Å². The minimum atomic E-state index is 0.159. The predicted molar refractivity (Wildman–Crippen MR) is 101 cm³/mol. The summed E-state index contributed by atoms with van der Waals surface area (Å²) in [5.74, 6) is 1.01. The van der Waals surface area contributed by atoms with Crippen LogP contribution in [0.1, 0.15) is 64.7 Å². The maximum Gasteiger partial charge on any atom is 0.248 e. The summed E-state index contributed by atoms with van der Waals surface area (Å²) in [5, 5.41) is 0. The summed E-state index contributed by atoms with van der Waals surface area (Å²) in [6.07, 6.45) is 12.1. The molecule has 0 bridgehead atoms. The van der Waals surface area contributed by atoms with Gasteiger partial charge in [0.1, 0.15) is 6.61 Å². The topological polar surface area (TPSA) is 42.0 Å². The van der Waals surface area contributed by atoms with Crippen molar-refractivity contribution in [3.8, 4) is 0 Å². The number of likely N-dealkylation sites (tertiary alicyclic amines) is 2. The van der Waals surface area contributed by atoms with Gasteiger partial charge in [0.2, 0.25) is 5.91 Å². The molecule has 4 rings (SSSR count). The summed E-state index contributed by atoms with van der Waals surface area (Å²) in [6.45, 7) is 6.67. The maximum absolute atomic E-state index is 12.2. The Morgan fingerprint density at radius 3 is 2.46 bits per heavy atom. The average molecular weight is 365 g/mol. The van der Waals surface area contributed by atoms with Crippen molar-refractivity contribution in [2.24, 2.45) is 5.92 Å². The molecule has 148 valence electrons. The van der Waals surface area contributed by atoms with Crippen LogP contribution in [0.25, 0.3) is 0 Å². The Bertz CT molecular complexity index is 480. The van der Waals surface area contributed by atoms with E-state index in [0.717, 1.165) is 45.0 Å². The highest BCUT2D eigenvalue weighted by Gasteiger charge is 2.56. The van der Waals surface area contributed by atoms with Crippen LogP contribution in [0.4, 0.5) is 0 Å². The molecule has 0 radical (unpaired) electrons. The molecule has 0 aromatic heterocycles. The molecular formula is C21H36N2O3. The Morgan fingerprint density at radius 2 is 1.81 bits per heavy atom. The zero-order valence-electron chi connectivity index (χ0n) is 16.5. The predicted octanol–water partition coefficient (Wildman–Crippen LogP) is 2.83. The van der Waals surface area contributed by atoms with Gasteiger partial charge in [-0.1, -0.05) is 19.3 Å². The zero-order chi connectivity index (χ0) is 18.0. The third-order valence-corrected chi connectivity index (χ3v) is 7.17. The van der Waals surface area contributed by atoms with Crippen molar-refractivity contribution in [2.45, 2.75) is 82.4 Å². The smallest absolute Gasteiger partial charge is 0.248 e.